The molecule has 156 valence electrons. The van der Waals surface area contributed by atoms with Gasteiger partial charge >= 0.3 is 6.18 Å². The van der Waals surface area contributed by atoms with E-state index in [1.165, 1.54) is 6.07 Å². The van der Waals surface area contributed by atoms with Crippen LogP contribution in [0.5, 0.6) is 0 Å². The van der Waals surface area contributed by atoms with Crippen molar-refractivity contribution >= 4 is 42.3 Å². The highest BCUT2D eigenvalue weighted by atomic mass is 35.5. The molecule has 1 aromatic heterocycles. The van der Waals surface area contributed by atoms with Crippen LogP contribution in [0.15, 0.2) is 30.3 Å². The molecule has 0 amide bonds. The van der Waals surface area contributed by atoms with E-state index in [1.807, 2.05) is 13.0 Å². The van der Waals surface area contributed by atoms with Gasteiger partial charge in [-0.2, -0.15) is 18.2 Å². The van der Waals surface area contributed by atoms with E-state index in [1.54, 1.807) is 6.07 Å². The summed E-state index contributed by atoms with van der Waals surface area (Å²) in [5.41, 5.74) is 6.42. The molecule has 0 bridgehead atoms. The van der Waals surface area contributed by atoms with Crippen molar-refractivity contribution in [1.82, 2.24) is 9.97 Å². The molecule has 1 aliphatic rings. The number of nitrogens with zero attached hydrogens (tertiary/aromatic N) is 3. The summed E-state index contributed by atoms with van der Waals surface area (Å²) >= 11 is 0. The van der Waals surface area contributed by atoms with Gasteiger partial charge in [0.1, 0.15) is 5.82 Å². The number of anilines is 3. The lowest BCUT2D eigenvalue weighted by molar-refractivity contribution is -0.137. The Balaban J connectivity index is 0.00000196. The van der Waals surface area contributed by atoms with Gasteiger partial charge in [-0.1, -0.05) is 19.4 Å². The minimum Gasteiger partial charge on any atom is -0.355 e. The molecule has 3 rings (SSSR count). The number of benzene rings is 1. The Morgan fingerprint density at radius 1 is 1.21 bits per heavy atom. The maximum Gasteiger partial charge on any atom is 0.416 e. The zero-order valence-corrected chi connectivity index (χ0v) is 17.0. The second kappa shape index (κ2) is 10.1. The third-order valence-electron chi connectivity index (χ3n) is 4.27. The monoisotopic (exact) mass is 437 g/mol. The van der Waals surface area contributed by atoms with Crippen molar-refractivity contribution in [1.29, 1.82) is 0 Å². The van der Waals surface area contributed by atoms with Gasteiger partial charge in [-0.25, -0.2) is 4.98 Å². The van der Waals surface area contributed by atoms with Gasteiger partial charge in [-0.15, -0.1) is 24.8 Å². The molecule has 5 nitrogen and oxygen atoms in total. The lowest BCUT2D eigenvalue weighted by atomic mass is 10.2. The van der Waals surface area contributed by atoms with Crippen LogP contribution in [0.1, 0.15) is 31.0 Å². The van der Waals surface area contributed by atoms with Gasteiger partial charge in [0.05, 0.1) is 5.56 Å². The molecule has 1 fully saturated rings. The Hall–Kier alpha value is -1.77. The molecule has 0 unspecified atom stereocenters. The summed E-state index contributed by atoms with van der Waals surface area (Å²) in [5.74, 6) is 1.05. The van der Waals surface area contributed by atoms with E-state index in [4.69, 9.17) is 5.73 Å². The van der Waals surface area contributed by atoms with Crippen LogP contribution in [0.3, 0.4) is 0 Å². The largest absolute Gasteiger partial charge is 0.416 e. The predicted octanol–water partition coefficient (Wildman–Crippen LogP) is 4.57. The number of nitrogens with two attached hydrogens (primary N) is 1. The number of hydrogen-bond donors (Lipinski definition) is 2. The van der Waals surface area contributed by atoms with Crippen molar-refractivity contribution in [3.05, 3.63) is 41.6 Å². The minimum absolute atomic E-state index is 0. The molecule has 0 aliphatic carbocycles. The van der Waals surface area contributed by atoms with Gasteiger partial charge in [0.2, 0.25) is 5.95 Å². The fraction of sp³-hybridized carbons (Fsp3) is 0.444. The molecule has 3 N–H and O–H groups in total. The molecule has 1 aromatic carbocycles. The summed E-state index contributed by atoms with van der Waals surface area (Å²) in [5, 5.41) is 2.91. The van der Waals surface area contributed by atoms with Gasteiger partial charge in [-0.05, 0) is 31.0 Å². The highest BCUT2D eigenvalue weighted by Gasteiger charge is 2.30. The van der Waals surface area contributed by atoms with Crippen LogP contribution in [-0.4, -0.2) is 29.1 Å². The molecule has 2 heterocycles. The Kier molecular flexibility index (Phi) is 8.78. The molecule has 0 spiro atoms. The van der Waals surface area contributed by atoms with E-state index in [0.29, 0.717) is 18.2 Å². The maximum absolute atomic E-state index is 12.9. The third kappa shape index (κ3) is 6.12. The first kappa shape index (κ1) is 24.3. The van der Waals surface area contributed by atoms with Gasteiger partial charge in [0.15, 0.2) is 0 Å². The van der Waals surface area contributed by atoms with E-state index in [9.17, 15) is 13.2 Å². The van der Waals surface area contributed by atoms with E-state index in [2.05, 4.69) is 20.2 Å². The van der Waals surface area contributed by atoms with Crippen molar-refractivity contribution in [2.45, 2.75) is 38.4 Å². The van der Waals surface area contributed by atoms with Crippen molar-refractivity contribution < 1.29 is 13.2 Å². The number of aryl methyl sites for hydroxylation is 1. The summed E-state index contributed by atoms with van der Waals surface area (Å²) in [6, 6.07) is 7.06. The molecular weight excluding hydrogens is 414 g/mol. The van der Waals surface area contributed by atoms with Crippen LogP contribution in [0.2, 0.25) is 0 Å². The first-order valence-electron chi connectivity index (χ1n) is 8.68. The number of hydrogen-bond acceptors (Lipinski definition) is 5. The first-order chi connectivity index (χ1) is 12.3. The lowest BCUT2D eigenvalue weighted by Gasteiger charge is -2.19. The van der Waals surface area contributed by atoms with Gasteiger partial charge in [-0.3, -0.25) is 0 Å². The quantitative estimate of drug-likeness (QED) is 0.716. The Morgan fingerprint density at radius 2 is 1.96 bits per heavy atom. The van der Waals surface area contributed by atoms with Crippen LogP contribution < -0.4 is 16.0 Å². The van der Waals surface area contributed by atoms with Crippen LogP contribution in [0.25, 0.3) is 0 Å². The summed E-state index contributed by atoms with van der Waals surface area (Å²) in [6.07, 6.45) is -1.81. The summed E-state index contributed by atoms with van der Waals surface area (Å²) < 4.78 is 38.7. The van der Waals surface area contributed by atoms with Crippen LogP contribution in [0, 0.1) is 0 Å². The lowest BCUT2D eigenvalue weighted by Crippen LogP contribution is -2.27. The fourth-order valence-corrected chi connectivity index (χ4v) is 2.98. The Labute approximate surface area is 174 Å². The number of halogens is 5. The second-order valence-electron chi connectivity index (χ2n) is 6.49. The number of rotatable bonds is 5. The van der Waals surface area contributed by atoms with E-state index in [0.717, 1.165) is 49.5 Å². The SMILES string of the molecule is CCCc1cc(N2CC[C@H](N)C2)nc(Nc2cccc(C(F)(F)F)c2)n1.Cl.Cl. The van der Waals surface area contributed by atoms with Crippen LogP contribution in [-0.2, 0) is 12.6 Å². The van der Waals surface area contributed by atoms with Gasteiger partial charge in [0, 0.05) is 36.6 Å². The molecule has 10 heteroatoms. The summed E-state index contributed by atoms with van der Waals surface area (Å²) in [7, 11) is 0. The van der Waals surface area contributed by atoms with Crippen molar-refractivity contribution in [3.8, 4) is 0 Å². The van der Waals surface area contributed by atoms with E-state index < -0.39 is 11.7 Å². The van der Waals surface area contributed by atoms with Crippen LogP contribution in [0.4, 0.5) is 30.6 Å². The smallest absolute Gasteiger partial charge is 0.355 e. The normalized spacial score (nSPS) is 16.3. The molecule has 1 aliphatic heterocycles. The third-order valence-corrected chi connectivity index (χ3v) is 4.27. The number of nitrogens with one attached hydrogen (secondary N) is 1. The number of aromatic nitrogens is 2. The molecule has 2 aromatic rings. The molecule has 1 saturated heterocycles. The van der Waals surface area contributed by atoms with Gasteiger partial charge in [0.25, 0.3) is 0 Å². The van der Waals surface area contributed by atoms with E-state index >= 15 is 0 Å². The number of alkyl halides is 3. The fourth-order valence-electron chi connectivity index (χ4n) is 2.98. The molecular formula is C18H24Cl2F3N5. The molecule has 1 atom stereocenters. The average Bonchev–Trinajstić information content (AvgIpc) is 3.01. The standard InChI is InChI=1S/C18H22F3N5.2ClH/c1-2-4-14-10-16(26-8-7-13(22)11-26)25-17(23-14)24-15-6-3-5-12(9-15)18(19,20)21;;/h3,5-6,9-10,13H,2,4,7-8,11,22H2,1H3,(H,23,24,25);2*1H/t13-;;/m0../s1. The Morgan fingerprint density at radius 3 is 2.57 bits per heavy atom. The minimum atomic E-state index is -4.39. The van der Waals surface area contributed by atoms with Crippen molar-refractivity contribution in [3.63, 3.8) is 0 Å². The zero-order chi connectivity index (χ0) is 18.7. The highest BCUT2D eigenvalue weighted by molar-refractivity contribution is 5.85. The molecule has 28 heavy (non-hydrogen) atoms. The predicted molar refractivity (Wildman–Crippen MR) is 110 cm³/mol. The zero-order valence-electron chi connectivity index (χ0n) is 15.4. The van der Waals surface area contributed by atoms with Crippen molar-refractivity contribution in [2.75, 3.05) is 23.3 Å². The second-order valence-corrected chi connectivity index (χ2v) is 6.49. The summed E-state index contributed by atoms with van der Waals surface area (Å²) in [6.45, 7) is 3.58. The maximum atomic E-state index is 12.9. The topological polar surface area (TPSA) is 67.1 Å². The van der Waals surface area contributed by atoms with Gasteiger partial charge < -0.3 is 16.0 Å². The Bertz CT molecular complexity index is 773. The highest BCUT2D eigenvalue weighted by Crippen LogP contribution is 2.31. The summed E-state index contributed by atoms with van der Waals surface area (Å²) in [4.78, 5) is 11.0. The molecule has 0 saturated carbocycles. The van der Waals surface area contributed by atoms with Crippen LogP contribution >= 0.6 is 24.8 Å². The first-order valence-corrected chi connectivity index (χ1v) is 8.68. The molecule has 0 radical (unpaired) electrons. The van der Waals surface area contributed by atoms with Crippen molar-refractivity contribution in [2.24, 2.45) is 5.73 Å². The average molecular weight is 438 g/mol. The van der Waals surface area contributed by atoms with E-state index in [-0.39, 0.29) is 30.9 Å².